The van der Waals surface area contributed by atoms with Gasteiger partial charge in [0.1, 0.15) is 10.8 Å². The lowest BCUT2D eigenvalue weighted by atomic mass is 9.54. The third-order valence-corrected chi connectivity index (χ3v) is 11.2. The number of rotatable bonds is 5. The number of anilines is 1. The Bertz CT molecular complexity index is 1300. The Morgan fingerprint density at radius 1 is 1.18 bits per heavy atom. The molecular weight excluding hydrogens is 510 g/mol. The molecule has 0 bridgehead atoms. The summed E-state index contributed by atoms with van der Waals surface area (Å²) in [7, 11) is 1.73. The minimum Gasteiger partial charge on any atom is -0.497 e. The van der Waals surface area contributed by atoms with Crippen molar-refractivity contribution >= 4 is 28.2 Å². The molecule has 0 spiro atoms. The van der Waals surface area contributed by atoms with Crippen LogP contribution in [-0.2, 0) is 32.5 Å². The zero-order chi connectivity index (χ0) is 27.5. The van der Waals surface area contributed by atoms with Crippen LogP contribution in [0.2, 0.25) is 0 Å². The molecule has 1 aromatic heterocycles. The number of amides is 1. The number of ether oxygens (including phenoxy) is 3. The van der Waals surface area contributed by atoms with Gasteiger partial charge < -0.3 is 19.5 Å². The van der Waals surface area contributed by atoms with Crippen LogP contribution < -0.4 is 10.1 Å². The highest BCUT2D eigenvalue weighted by Crippen LogP contribution is 2.63. The smallest absolute Gasteiger partial charge is 0.341 e. The molecule has 1 N–H and O–H groups in total. The Balaban J connectivity index is 1.31. The third kappa shape index (κ3) is 4.50. The minimum absolute atomic E-state index is 0.0124. The van der Waals surface area contributed by atoms with E-state index in [0.29, 0.717) is 54.4 Å². The number of carbonyl (C=O) groups excluding carboxylic acids is 2. The van der Waals surface area contributed by atoms with Gasteiger partial charge in [0.05, 0.1) is 24.9 Å². The molecule has 1 saturated carbocycles. The average molecular weight is 552 g/mol. The molecule has 1 aromatic carbocycles. The van der Waals surface area contributed by atoms with Crippen LogP contribution in [0.15, 0.2) is 18.2 Å². The summed E-state index contributed by atoms with van der Waals surface area (Å²) < 4.78 is 16.9. The monoisotopic (exact) mass is 551 g/mol. The number of carbonyl (C=O) groups is 2. The lowest BCUT2D eigenvalue weighted by Crippen LogP contribution is -2.43. The summed E-state index contributed by atoms with van der Waals surface area (Å²) in [5.41, 5.74) is 4.27. The van der Waals surface area contributed by atoms with Crippen LogP contribution in [0.25, 0.3) is 0 Å². The number of methoxy groups -OCH3 is 1. The minimum atomic E-state index is -0.315. The molecule has 6 nitrogen and oxygen atoms in total. The summed E-state index contributed by atoms with van der Waals surface area (Å²) in [5, 5.41) is 3.87. The van der Waals surface area contributed by atoms with E-state index in [9.17, 15) is 9.59 Å². The molecule has 1 amide bonds. The fraction of sp³-hybridized carbons (Fsp3) is 0.625. The molecule has 6 rings (SSSR count). The van der Waals surface area contributed by atoms with Crippen molar-refractivity contribution in [2.75, 3.05) is 25.6 Å². The molecule has 7 heteroatoms. The van der Waals surface area contributed by atoms with Gasteiger partial charge in [0, 0.05) is 17.4 Å². The number of thiophene rings is 1. The molecule has 3 aliphatic carbocycles. The first kappa shape index (κ1) is 26.8. The number of hydrogen-bond donors (Lipinski definition) is 1. The van der Waals surface area contributed by atoms with Crippen molar-refractivity contribution in [3.8, 4) is 5.75 Å². The first-order chi connectivity index (χ1) is 18.6. The van der Waals surface area contributed by atoms with E-state index in [1.165, 1.54) is 16.0 Å². The number of esters is 1. The largest absolute Gasteiger partial charge is 0.497 e. The summed E-state index contributed by atoms with van der Waals surface area (Å²) in [4.78, 5) is 28.1. The van der Waals surface area contributed by atoms with Gasteiger partial charge in [-0.2, -0.15) is 0 Å². The first-order valence-corrected chi connectivity index (χ1v) is 15.4. The highest BCUT2D eigenvalue weighted by Gasteiger charge is 2.55. The maximum Gasteiger partial charge on any atom is 0.341 e. The van der Waals surface area contributed by atoms with Crippen molar-refractivity contribution < 1.29 is 23.8 Å². The van der Waals surface area contributed by atoms with E-state index in [2.05, 4.69) is 30.4 Å². The van der Waals surface area contributed by atoms with Crippen LogP contribution in [0, 0.1) is 17.8 Å². The summed E-state index contributed by atoms with van der Waals surface area (Å²) in [6, 6.07) is 6.61. The Morgan fingerprint density at radius 2 is 2.00 bits per heavy atom. The number of fused-ring (bicyclic) bond motifs is 7. The van der Waals surface area contributed by atoms with Crippen LogP contribution in [0.1, 0.15) is 97.6 Å². The van der Waals surface area contributed by atoms with Crippen molar-refractivity contribution in [1.29, 1.82) is 0 Å². The summed E-state index contributed by atoms with van der Waals surface area (Å²) in [5.74, 6) is 2.12. The van der Waals surface area contributed by atoms with Crippen molar-refractivity contribution in [1.82, 2.24) is 0 Å². The summed E-state index contributed by atoms with van der Waals surface area (Å²) in [6.45, 7) is 9.18. The van der Waals surface area contributed by atoms with E-state index in [4.69, 9.17) is 14.2 Å². The second-order valence-corrected chi connectivity index (χ2v) is 13.9. The van der Waals surface area contributed by atoms with Gasteiger partial charge in [0.15, 0.2) is 0 Å². The van der Waals surface area contributed by atoms with E-state index in [1.807, 2.05) is 20.8 Å². The van der Waals surface area contributed by atoms with Crippen LogP contribution in [-0.4, -0.2) is 37.8 Å². The van der Waals surface area contributed by atoms with E-state index in [1.54, 1.807) is 18.4 Å². The Hall–Kier alpha value is -2.38. The molecule has 1 aliphatic heterocycles. The first-order valence-electron chi connectivity index (χ1n) is 14.6. The molecule has 2 fully saturated rings. The predicted octanol–water partition coefficient (Wildman–Crippen LogP) is 6.65. The molecule has 39 heavy (non-hydrogen) atoms. The lowest BCUT2D eigenvalue weighted by molar-refractivity contribution is -0.130. The topological polar surface area (TPSA) is 73.9 Å². The molecule has 210 valence electrons. The molecule has 2 aromatic rings. The molecule has 4 aliphatic rings. The van der Waals surface area contributed by atoms with Gasteiger partial charge in [-0.15, -0.1) is 11.3 Å². The normalized spacial score (nSPS) is 30.4. The van der Waals surface area contributed by atoms with Gasteiger partial charge in [0.25, 0.3) is 0 Å². The molecule has 0 radical (unpaired) electrons. The van der Waals surface area contributed by atoms with Gasteiger partial charge in [-0.1, -0.05) is 13.0 Å². The van der Waals surface area contributed by atoms with Crippen LogP contribution in [0.3, 0.4) is 0 Å². The van der Waals surface area contributed by atoms with Crippen molar-refractivity contribution in [3.05, 3.63) is 45.3 Å². The van der Waals surface area contributed by atoms with Crippen molar-refractivity contribution in [3.63, 3.8) is 0 Å². The van der Waals surface area contributed by atoms with Crippen molar-refractivity contribution in [2.24, 2.45) is 17.8 Å². The van der Waals surface area contributed by atoms with E-state index in [0.717, 1.165) is 43.4 Å². The van der Waals surface area contributed by atoms with E-state index < -0.39 is 0 Å². The summed E-state index contributed by atoms with van der Waals surface area (Å²) >= 11 is 1.61. The molecule has 5 atom stereocenters. The molecular formula is C32H41NO5S. The highest BCUT2D eigenvalue weighted by atomic mass is 32.1. The Kier molecular flexibility index (Phi) is 6.82. The van der Waals surface area contributed by atoms with Gasteiger partial charge in [-0.3, -0.25) is 4.79 Å². The average Bonchev–Trinajstić information content (AvgIpc) is 3.41. The van der Waals surface area contributed by atoms with Crippen LogP contribution >= 0.6 is 11.3 Å². The second kappa shape index (κ2) is 9.91. The molecule has 1 saturated heterocycles. The highest BCUT2D eigenvalue weighted by molar-refractivity contribution is 7.17. The second-order valence-electron chi connectivity index (χ2n) is 12.8. The maximum absolute atomic E-state index is 13.5. The SMILES string of the molecule is CCOC(=O)c1c(NC(=O)[C@@H]2CCOC(C)(C)C2)sc2c1[C@]1(C)CC[C@@H]3c4ccc(OC)cc4CC[C@H]3[C@H]1C2. The fourth-order valence-electron chi connectivity index (χ4n) is 8.27. The van der Waals surface area contributed by atoms with Gasteiger partial charge in [-0.25, -0.2) is 4.79 Å². The van der Waals surface area contributed by atoms with Gasteiger partial charge in [-0.05, 0) is 118 Å². The summed E-state index contributed by atoms with van der Waals surface area (Å²) in [6.07, 6.45) is 6.71. The number of nitrogens with one attached hydrogen (secondary N) is 1. The Labute approximate surface area is 235 Å². The van der Waals surface area contributed by atoms with Gasteiger partial charge >= 0.3 is 5.97 Å². The fourth-order valence-corrected chi connectivity index (χ4v) is 9.66. The number of aryl methyl sites for hydroxylation is 1. The predicted molar refractivity (Wildman–Crippen MR) is 153 cm³/mol. The Morgan fingerprint density at radius 3 is 2.74 bits per heavy atom. The van der Waals surface area contributed by atoms with Gasteiger partial charge in [0.2, 0.25) is 5.91 Å². The standard InChI is InChI=1S/C32H41NO5S/c1-6-37-30(35)26-27-25(39-29(26)33-28(34)19-12-14-38-31(2,3)17-19)16-24-23-9-7-18-15-20(36-5)8-10-21(18)22(23)11-13-32(24,27)4/h8,10,15,19,22-24H,6-7,9,11-14,16-17H2,1-5H3,(H,33,34)/t19-,22-,23-,24-,32-/m1/s1. The van der Waals surface area contributed by atoms with E-state index in [-0.39, 0.29) is 28.8 Å². The molecule has 0 unspecified atom stereocenters. The maximum atomic E-state index is 13.5. The number of hydrogen-bond acceptors (Lipinski definition) is 6. The van der Waals surface area contributed by atoms with E-state index >= 15 is 0 Å². The zero-order valence-corrected chi connectivity index (χ0v) is 24.7. The number of benzene rings is 1. The van der Waals surface area contributed by atoms with Crippen LogP contribution in [0.4, 0.5) is 5.00 Å². The quantitative estimate of drug-likeness (QED) is 0.422. The zero-order valence-electron chi connectivity index (χ0n) is 23.9. The lowest BCUT2D eigenvalue weighted by Gasteiger charge is -2.49. The van der Waals surface area contributed by atoms with Crippen LogP contribution in [0.5, 0.6) is 5.75 Å². The van der Waals surface area contributed by atoms with Crippen molar-refractivity contribution in [2.45, 2.75) is 89.6 Å². The third-order valence-electron chi connectivity index (χ3n) is 10.1. The molecule has 2 heterocycles.